The van der Waals surface area contributed by atoms with E-state index in [9.17, 15) is 0 Å². The van der Waals surface area contributed by atoms with Gasteiger partial charge in [-0.1, -0.05) is 36.4 Å². The number of nitrogens with zero attached hydrogens (tertiary/aromatic N) is 2. The van der Waals surface area contributed by atoms with E-state index < -0.39 is 0 Å². The summed E-state index contributed by atoms with van der Waals surface area (Å²) in [5.41, 5.74) is 4.71. The zero-order valence-electron chi connectivity index (χ0n) is 16.4. The van der Waals surface area contributed by atoms with Crippen LogP contribution in [-0.4, -0.2) is 18.1 Å². The Balaban J connectivity index is 1.40. The third kappa shape index (κ3) is 3.01. The molecule has 0 fully saturated rings. The second kappa shape index (κ2) is 7.15. The molecule has 0 saturated heterocycles. The van der Waals surface area contributed by atoms with Gasteiger partial charge in [0.25, 0.3) is 0 Å². The zero-order valence-corrected chi connectivity index (χ0v) is 17.2. The number of pyridine rings is 1. The van der Waals surface area contributed by atoms with Gasteiger partial charge in [-0.2, -0.15) is 0 Å². The van der Waals surface area contributed by atoms with Crippen molar-refractivity contribution in [2.24, 2.45) is 0 Å². The van der Waals surface area contributed by atoms with Gasteiger partial charge in [-0.05, 0) is 53.4 Å². The van der Waals surface area contributed by atoms with Gasteiger partial charge in [-0.3, -0.25) is 4.98 Å². The van der Waals surface area contributed by atoms with Gasteiger partial charge in [0.15, 0.2) is 0 Å². The quantitative estimate of drug-likeness (QED) is 0.333. The second-order valence-electron chi connectivity index (χ2n) is 7.59. The van der Waals surface area contributed by atoms with Gasteiger partial charge in [0, 0.05) is 39.0 Å². The van der Waals surface area contributed by atoms with Crippen molar-refractivity contribution in [3.8, 4) is 16.2 Å². The molecule has 3 aromatic carbocycles. The lowest BCUT2D eigenvalue weighted by Crippen LogP contribution is -2.25. The van der Waals surface area contributed by atoms with E-state index >= 15 is 0 Å². The molecule has 0 spiro atoms. The standard InChI is InChI=1S/C26H20N2OS/c1-4-8-25-18(5-1)16-26(30-25)19-9-10-24-20(15-19)17-28(13-14-29-24)23-11-12-27-22-7-3-2-6-21(22)23/h1-12,15-16H,13-14,17H2. The van der Waals surface area contributed by atoms with Crippen LogP contribution in [0.5, 0.6) is 5.75 Å². The van der Waals surface area contributed by atoms with Crippen molar-refractivity contribution in [3.05, 3.63) is 90.6 Å². The Bertz CT molecular complexity index is 1340. The smallest absolute Gasteiger partial charge is 0.124 e. The lowest BCUT2D eigenvalue weighted by molar-refractivity contribution is 0.332. The Labute approximate surface area is 179 Å². The molecule has 0 amide bonds. The SMILES string of the molecule is c1ccc2sc(-c3ccc4c(c3)CN(c3ccnc5ccccc35)CCO4)cc2c1. The van der Waals surface area contributed by atoms with E-state index in [4.69, 9.17) is 4.74 Å². The molecule has 0 N–H and O–H groups in total. The van der Waals surface area contributed by atoms with Gasteiger partial charge in [-0.15, -0.1) is 11.3 Å². The van der Waals surface area contributed by atoms with Crippen LogP contribution in [0, 0.1) is 0 Å². The molecule has 3 nitrogen and oxygen atoms in total. The summed E-state index contributed by atoms with van der Waals surface area (Å²) < 4.78 is 7.43. The Kier molecular flexibility index (Phi) is 4.17. The lowest BCUT2D eigenvalue weighted by atomic mass is 10.1. The molecule has 0 atom stereocenters. The molecule has 3 heterocycles. The monoisotopic (exact) mass is 408 g/mol. The van der Waals surface area contributed by atoms with Crippen LogP contribution in [0.3, 0.4) is 0 Å². The molecule has 2 aromatic heterocycles. The maximum absolute atomic E-state index is 6.11. The summed E-state index contributed by atoms with van der Waals surface area (Å²) in [5.74, 6) is 0.987. The molecule has 0 unspecified atom stereocenters. The third-order valence-electron chi connectivity index (χ3n) is 5.72. The first kappa shape index (κ1) is 17.5. The van der Waals surface area contributed by atoms with Crippen LogP contribution in [0.25, 0.3) is 31.4 Å². The Morgan fingerprint density at radius 1 is 0.900 bits per heavy atom. The molecule has 4 heteroatoms. The topological polar surface area (TPSA) is 25.4 Å². The second-order valence-corrected chi connectivity index (χ2v) is 8.67. The molecule has 1 aliphatic rings. The first-order valence-corrected chi connectivity index (χ1v) is 11.0. The molecular formula is C26H20N2OS. The molecule has 5 aromatic rings. The lowest BCUT2D eigenvalue weighted by Gasteiger charge is -2.23. The van der Waals surface area contributed by atoms with Crippen molar-refractivity contribution >= 4 is 38.0 Å². The predicted molar refractivity (Wildman–Crippen MR) is 126 cm³/mol. The number of ether oxygens (including phenoxy) is 1. The van der Waals surface area contributed by atoms with E-state index in [1.807, 2.05) is 23.6 Å². The zero-order chi connectivity index (χ0) is 19.9. The van der Waals surface area contributed by atoms with Crippen LogP contribution in [0.15, 0.2) is 85.1 Å². The fourth-order valence-corrected chi connectivity index (χ4v) is 5.29. The fraction of sp³-hybridized carbons (Fsp3) is 0.115. The number of thiophene rings is 1. The number of anilines is 1. The van der Waals surface area contributed by atoms with Crippen molar-refractivity contribution in [1.29, 1.82) is 0 Å². The van der Waals surface area contributed by atoms with Crippen LogP contribution in [0.4, 0.5) is 5.69 Å². The predicted octanol–water partition coefficient (Wildman–Crippen LogP) is 6.52. The average Bonchev–Trinajstić information content (AvgIpc) is 3.12. The first-order valence-electron chi connectivity index (χ1n) is 10.2. The highest BCUT2D eigenvalue weighted by atomic mass is 32.1. The Hall–Kier alpha value is -3.37. The number of rotatable bonds is 2. The maximum Gasteiger partial charge on any atom is 0.124 e. The van der Waals surface area contributed by atoms with Gasteiger partial charge < -0.3 is 9.64 Å². The molecular weight excluding hydrogens is 388 g/mol. The Morgan fingerprint density at radius 2 is 1.80 bits per heavy atom. The largest absolute Gasteiger partial charge is 0.491 e. The number of fused-ring (bicyclic) bond motifs is 3. The number of aromatic nitrogens is 1. The summed E-state index contributed by atoms with van der Waals surface area (Å²) in [6.45, 7) is 2.34. The minimum Gasteiger partial charge on any atom is -0.491 e. The van der Waals surface area contributed by atoms with E-state index in [2.05, 4.69) is 82.7 Å². The summed E-state index contributed by atoms with van der Waals surface area (Å²) in [6, 6.07) is 27.9. The van der Waals surface area contributed by atoms with Crippen molar-refractivity contribution in [1.82, 2.24) is 4.98 Å². The molecule has 0 aliphatic carbocycles. The first-order chi connectivity index (χ1) is 14.8. The summed E-state index contributed by atoms with van der Waals surface area (Å²) >= 11 is 1.84. The summed E-state index contributed by atoms with van der Waals surface area (Å²) in [4.78, 5) is 8.23. The normalized spacial score (nSPS) is 13.8. The van der Waals surface area contributed by atoms with Gasteiger partial charge >= 0.3 is 0 Å². The highest BCUT2D eigenvalue weighted by molar-refractivity contribution is 7.22. The number of benzene rings is 3. The fourth-order valence-electron chi connectivity index (χ4n) is 4.23. The van der Waals surface area contributed by atoms with Crippen molar-refractivity contribution in [2.75, 3.05) is 18.1 Å². The number of hydrogen-bond acceptors (Lipinski definition) is 4. The van der Waals surface area contributed by atoms with Crippen LogP contribution >= 0.6 is 11.3 Å². The highest BCUT2D eigenvalue weighted by Gasteiger charge is 2.19. The molecule has 0 bridgehead atoms. The van der Waals surface area contributed by atoms with Gasteiger partial charge in [0.1, 0.15) is 12.4 Å². The maximum atomic E-state index is 6.11. The number of para-hydroxylation sites is 1. The highest BCUT2D eigenvalue weighted by Crippen LogP contribution is 2.37. The molecule has 6 rings (SSSR count). The van der Waals surface area contributed by atoms with Gasteiger partial charge in [0.05, 0.1) is 12.1 Å². The van der Waals surface area contributed by atoms with Crippen molar-refractivity contribution in [3.63, 3.8) is 0 Å². The van der Waals surface area contributed by atoms with Gasteiger partial charge in [-0.25, -0.2) is 0 Å². The van der Waals surface area contributed by atoms with Crippen LogP contribution in [-0.2, 0) is 6.54 Å². The van der Waals surface area contributed by atoms with Crippen LogP contribution in [0.2, 0.25) is 0 Å². The minimum atomic E-state index is 0.673. The molecule has 0 radical (unpaired) electrons. The van der Waals surface area contributed by atoms with Gasteiger partial charge in [0.2, 0.25) is 0 Å². The van der Waals surface area contributed by atoms with E-state index in [0.29, 0.717) is 6.61 Å². The third-order valence-corrected chi connectivity index (χ3v) is 6.88. The molecule has 30 heavy (non-hydrogen) atoms. The van der Waals surface area contributed by atoms with Crippen molar-refractivity contribution < 1.29 is 4.74 Å². The van der Waals surface area contributed by atoms with Crippen LogP contribution < -0.4 is 9.64 Å². The molecule has 0 saturated carbocycles. The van der Waals surface area contributed by atoms with Crippen LogP contribution in [0.1, 0.15) is 5.56 Å². The molecule has 1 aliphatic heterocycles. The molecule has 146 valence electrons. The Morgan fingerprint density at radius 3 is 2.77 bits per heavy atom. The van der Waals surface area contributed by atoms with Crippen molar-refractivity contribution in [2.45, 2.75) is 6.54 Å². The summed E-state index contributed by atoms with van der Waals surface area (Å²) in [7, 11) is 0. The summed E-state index contributed by atoms with van der Waals surface area (Å²) in [5, 5.41) is 2.48. The minimum absolute atomic E-state index is 0.673. The summed E-state index contributed by atoms with van der Waals surface area (Å²) in [6.07, 6.45) is 1.90. The number of hydrogen-bond donors (Lipinski definition) is 0. The van der Waals surface area contributed by atoms with E-state index in [0.717, 1.165) is 24.4 Å². The van der Waals surface area contributed by atoms with E-state index in [1.54, 1.807) is 0 Å². The van der Waals surface area contributed by atoms with E-state index in [-0.39, 0.29) is 0 Å². The average molecular weight is 409 g/mol. The van der Waals surface area contributed by atoms with E-state index in [1.165, 1.54) is 37.2 Å².